The van der Waals surface area contributed by atoms with Crippen LogP contribution in [-0.2, 0) is 0 Å². The molecule has 124 valence electrons. The first-order valence-corrected chi connectivity index (χ1v) is 8.17. The van der Waals surface area contributed by atoms with Crippen LogP contribution in [0.25, 0.3) is 11.1 Å². The van der Waals surface area contributed by atoms with Crippen LogP contribution in [0.4, 0.5) is 0 Å². The Morgan fingerprint density at radius 2 is 2.21 bits per heavy atom. The number of para-hydroxylation sites is 1. The van der Waals surface area contributed by atoms with Gasteiger partial charge in [-0.25, -0.2) is 4.98 Å². The Bertz CT molecular complexity index is 856. The summed E-state index contributed by atoms with van der Waals surface area (Å²) in [5, 5.41) is 3.96. The van der Waals surface area contributed by atoms with Crippen LogP contribution in [0.5, 0.6) is 0 Å². The monoisotopic (exact) mass is 326 g/mol. The summed E-state index contributed by atoms with van der Waals surface area (Å²) < 4.78 is 10.4. The van der Waals surface area contributed by atoms with Crippen molar-refractivity contribution in [2.24, 2.45) is 0 Å². The molecule has 1 unspecified atom stereocenters. The lowest BCUT2D eigenvalue weighted by molar-refractivity contribution is 0.0672. The fourth-order valence-corrected chi connectivity index (χ4v) is 3.33. The number of likely N-dealkylation sites (tertiary alicyclic amines) is 1. The molecule has 1 fully saturated rings. The first-order valence-electron chi connectivity index (χ1n) is 8.17. The molecule has 0 N–H and O–H groups in total. The van der Waals surface area contributed by atoms with Crippen molar-refractivity contribution in [1.29, 1.82) is 0 Å². The zero-order valence-electron chi connectivity index (χ0n) is 13.4. The maximum absolute atomic E-state index is 13.2. The topological polar surface area (TPSA) is 85.3 Å². The van der Waals surface area contributed by atoms with Crippen molar-refractivity contribution in [2.45, 2.75) is 38.6 Å². The molecule has 1 atom stereocenters. The van der Waals surface area contributed by atoms with Gasteiger partial charge in [0.15, 0.2) is 17.3 Å². The number of rotatable bonds is 2. The molecule has 4 rings (SSSR count). The van der Waals surface area contributed by atoms with Crippen molar-refractivity contribution in [3.63, 3.8) is 0 Å². The minimum Gasteiger partial charge on any atom is -0.441 e. The third-order valence-electron chi connectivity index (χ3n) is 4.45. The molecule has 7 heteroatoms. The van der Waals surface area contributed by atoms with Crippen LogP contribution in [0, 0.1) is 6.92 Å². The van der Waals surface area contributed by atoms with E-state index in [9.17, 15) is 4.79 Å². The van der Waals surface area contributed by atoms with Gasteiger partial charge in [0.2, 0.25) is 6.39 Å². The highest BCUT2D eigenvalue weighted by molar-refractivity contribution is 6.04. The van der Waals surface area contributed by atoms with Crippen LogP contribution in [0.1, 0.15) is 53.8 Å². The first-order chi connectivity index (χ1) is 11.7. The van der Waals surface area contributed by atoms with Crippen molar-refractivity contribution >= 4 is 17.0 Å². The van der Waals surface area contributed by atoms with Crippen LogP contribution in [0.2, 0.25) is 0 Å². The van der Waals surface area contributed by atoms with Gasteiger partial charge in [0.25, 0.3) is 5.91 Å². The van der Waals surface area contributed by atoms with E-state index in [1.54, 1.807) is 13.0 Å². The fourth-order valence-electron chi connectivity index (χ4n) is 3.33. The highest BCUT2D eigenvalue weighted by Crippen LogP contribution is 2.31. The Labute approximate surface area is 138 Å². The van der Waals surface area contributed by atoms with Gasteiger partial charge in [-0.1, -0.05) is 24.1 Å². The number of aromatic nitrogens is 3. The fraction of sp³-hybridized carbons (Fsp3) is 0.412. The van der Waals surface area contributed by atoms with E-state index in [0.29, 0.717) is 34.9 Å². The standard InChI is InChI=1S/C17H18N4O3/c1-11-19-15-12(6-5-8-14(15)24-11)17(22)21-9-4-2-3-7-13(21)16-18-10-23-20-16/h5-6,8,10,13H,2-4,7,9H2,1H3. The Morgan fingerprint density at radius 1 is 1.29 bits per heavy atom. The summed E-state index contributed by atoms with van der Waals surface area (Å²) in [7, 11) is 0. The van der Waals surface area contributed by atoms with E-state index >= 15 is 0 Å². The van der Waals surface area contributed by atoms with Crippen molar-refractivity contribution in [3.8, 4) is 0 Å². The third-order valence-corrected chi connectivity index (χ3v) is 4.45. The Hall–Kier alpha value is -2.70. The van der Waals surface area contributed by atoms with Crippen molar-refractivity contribution in [2.75, 3.05) is 6.54 Å². The van der Waals surface area contributed by atoms with Gasteiger partial charge in [-0.05, 0) is 25.0 Å². The normalized spacial score (nSPS) is 18.7. The van der Waals surface area contributed by atoms with Gasteiger partial charge >= 0.3 is 0 Å². The number of aryl methyl sites for hydroxylation is 1. The molecule has 1 aliphatic rings. The third kappa shape index (κ3) is 2.55. The van der Waals surface area contributed by atoms with Gasteiger partial charge in [0.1, 0.15) is 5.52 Å². The summed E-state index contributed by atoms with van der Waals surface area (Å²) in [5.74, 6) is 1.05. The first kappa shape index (κ1) is 14.9. The average molecular weight is 326 g/mol. The molecule has 24 heavy (non-hydrogen) atoms. The molecule has 0 saturated carbocycles. The lowest BCUT2D eigenvalue weighted by Crippen LogP contribution is -2.35. The van der Waals surface area contributed by atoms with E-state index in [-0.39, 0.29) is 11.9 Å². The van der Waals surface area contributed by atoms with Gasteiger partial charge in [0, 0.05) is 13.5 Å². The summed E-state index contributed by atoms with van der Waals surface area (Å²) in [5.41, 5.74) is 1.79. The van der Waals surface area contributed by atoms with E-state index in [1.807, 2.05) is 17.0 Å². The number of amides is 1. The minimum atomic E-state index is -0.165. The molecule has 1 aromatic carbocycles. The van der Waals surface area contributed by atoms with E-state index in [2.05, 4.69) is 15.1 Å². The van der Waals surface area contributed by atoms with Crippen molar-refractivity contribution in [3.05, 3.63) is 41.9 Å². The van der Waals surface area contributed by atoms with E-state index in [1.165, 1.54) is 6.39 Å². The Balaban J connectivity index is 1.75. The minimum absolute atomic E-state index is 0.0643. The van der Waals surface area contributed by atoms with Crippen LogP contribution < -0.4 is 0 Å². The molecule has 0 aliphatic carbocycles. The van der Waals surface area contributed by atoms with Gasteiger partial charge in [-0.2, -0.15) is 4.98 Å². The smallest absolute Gasteiger partial charge is 0.256 e. The molecule has 2 aromatic heterocycles. The molecule has 1 saturated heterocycles. The maximum Gasteiger partial charge on any atom is 0.256 e. The quantitative estimate of drug-likeness (QED) is 0.718. The number of fused-ring (bicyclic) bond motifs is 1. The zero-order chi connectivity index (χ0) is 16.5. The second-order valence-corrected chi connectivity index (χ2v) is 6.04. The summed E-state index contributed by atoms with van der Waals surface area (Å²) in [4.78, 5) is 23.6. The molecule has 1 aliphatic heterocycles. The van der Waals surface area contributed by atoms with E-state index < -0.39 is 0 Å². The van der Waals surface area contributed by atoms with Crippen LogP contribution in [0.3, 0.4) is 0 Å². The van der Waals surface area contributed by atoms with Gasteiger partial charge in [0.05, 0.1) is 11.6 Å². The molecule has 0 radical (unpaired) electrons. The lowest BCUT2D eigenvalue weighted by Gasteiger charge is -2.27. The molecule has 1 amide bonds. The van der Waals surface area contributed by atoms with Crippen molar-refractivity contribution < 1.29 is 13.7 Å². The molecule has 0 spiro atoms. The largest absolute Gasteiger partial charge is 0.441 e. The van der Waals surface area contributed by atoms with Crippen LogP contribution in [0.15, 0.2) is 33.5 Å². The highest BCUT2D eigenvalue weighted by Gasteiger charge is 2.31. The summed E-state index contributed by atoms with van der Waals surface area (Å²) >= 11 is 0. The average Bonchev–Trinajstić information content (AvgIpc) is 3.17. The van der Waals surface area contributed by atoms with E-state index in [0.717, 1.165) is 25.7 Å². The second kappa shape index (κ2) is 6.07. The number of carbonyl (C=O) groups excluding carboxylic acids is 1. The molecule has 3 heterocycles. The number of benzene rings is 1. The number of hydrogen-bond acceptors (Lipinski definition) is 6. The van der Waals surface area contributed by atoms with Crippen LogP contribution in [-0.4, -0.2) is 32.5 Å². The summed E-state index contributed by atoms with van der Waals surface area (Å²) in [6, 6.07) is 5.28. The molecular formula is C17H18N4O3. The number of nitrogens with zero attached hydrogens (tertiary/aromatic N) is 4. The highest BCUT2D eigenvalue weighted by atomic mass is 16.5. The molecule has 0 bridgehead atoms. The number of hydrogen-bond donors (Lipinski definition) is 0. The predicted molar refractivity (Wildman–Crippen MR) is 85.3 cm³/mol. The molecule has 7 nitrogen and oxygen atoms in total. The van der Waals surface area contributed by atoms with Gasteiger partial charge < -0.3 is 13.8 Å². The summed E-state index contributed by atoms with van der Waals surface area (Å²) in [6.07, 6.45) is 5.24. The van der Waals surface area contributed by atoms with Gasteiger partial charge in [-0.15, -0.1) is 0 Å². The zero-order valence-corrected chi connectivity index (χ0v) is 13.4. The SMILES string of the molecule is Cc1nc2c(C(=O)N3CCCCCC3c3ncon3)cccc2o1. The maximum atomic E-state index is 13.2. The second-order valence-electron chi connectivity index (χ2n) is 6.04. The number of oxazole rings is 1. The van der Waals surface area contributed by atoms with Gasteiger partial charge in [-0.3, -0.25) is 4.79 Å². The molecule has 3 aromatic rings. The molecular weight excluding hydrogens is 308 g/mol. The Kier molecular flexibility index (Phi) is 3.76. The number of carbonyl (C=O) groups is 1. The Morgan fingerprint density at radius 3 is 3.04 bits per heavy atom. The predicted octanol–water partition coefficient (Wildman–Crippen LogP) is 3.28. The van der Waals surface area contributed by atoms with Crippen LogP contribution >= 0.6 is 0 Å². The van der Waals surface area contributed by atoms with E-state index in [4.69, 9.17) is 8.94 Å². The lowest BCUT2D eigenvalue weighted by atomic mass is 10.1. The van der Waals surface area contributed by atoms with Crippen molar-refractivity contribution in [1.82, 2.24) is 20.0 Å². The summed E-state index contributed by atoms with van der Waals surface area (Å²) in [6.45, 7) is 2.45.